The third-order valence-electron chi connectivity index (χ3n) is 5.66. The number of benzene rings is 2. The highest BCUT2D eigenvalue weighted by Crippen LogP contribution is 2.20. The monoisotopic (exact) mass is 541 g/mol. The number of nitrogens with zero attached hydrogens (tertiary/aromatic N) is 1. The first kappa shape index (κ1) is 30.2. The molecule has 2 amide bonds. The highest BCUT2D eigenvalue weighted by Gasteiger charge is 2.38. The van der Waals surface area contributed by atoms with Gasteiger partial charge in [0.1, 0.15) is 11.9 Å². The minimum absolute atomic E-state index is 0.0365. The SMILES string of the molecule is NC(CC(=O)N1CCC[C@H]1C(=O)NCc1ccc(C(=O)O)cc1)Cc1ccccc1F.O=C(O)C(F)(F)F. The van der Waals surface area contributed by atoms with Crippen molar-refractivity contribution >= 4 is 23.8 Å². The lowest BCUT2D eigenvalue weighted by Gasteiger charge is -2.25. The third kappa shape index (κ3) is 9.14. The Hall–Kier alpha value is -4.00. The molecule has 206 valence electrons. The molecule has 0 radical (unpaired) electrons. The molecule has 3 rings (SSSR count). The lowest BCUT2D eigenvalue weighted by atomic mass is 10.0. The van der Waals surface area contributed by atoms with Gasteiger partial charge in [0.15, 0.2) is 0 Å². The number of carbonyl (C=O) groups is 4. The Labute approximate surface area is 215 Å². The molecule has 38 heavy (non-hydrogen) atoms. The lowest BCUT2D eigenvalue weighted by Crippen LogP contribution is -2.47. The molecule has 1 heterocycles. The van der Waals surface area contributed by atoms with E-state index >= 15 is 0 Å². The molecular weight excluding hydrogens is 514 g/mol. The molecule has 2 atom stereocenters. The number of carboxylic acid groups (broad SMARTS) is 2. The molecule has 2 aromatic rings. The van der Waals surface area contributed by atoms with Gasteiger partial charge < -0.3 is 26.2 Å². The average Bonchev–Trinajstić information content (AvgIpc) is 3.34. The maximum atomic E-state index is 13.8. The molecule has 2 aromatic carbocycles. The summed E-state index contributed by atoms with van der Waals surface area (Å²) in [7, 11) is 0. The maximum absolute atomic E-state index is 13.8. The highest BCUT2D eigenvalue weighted by atomic mass is 19.4. The summed E-state index contributed by atoms with van der Waals surface area (Å²) in [6.07, 6.45) is -3.51. The van der Waals surface area contributed by atoms with Gasteiger partial charge in [0.2, 0.25) is 11.8 Å². The van der Waals surface area contributed by atoms with Gasteiger partial charge in [-0.3, -0.25) is 9.59 Å². The fraction of sp³-hybridized carbons (Fsp3) is 0.360. The lowest BCUT2D eigenvalue weighted by molar-refractivity contribution is -0.192. The van der Waals surface area contributed by atoms with Crippen LogP contribution in [0.2, 0.25) is 0 Å². The number of hydrogen-bond donors (Lipinski definition) is 4. The van der Waals surface area contributed by atoms with E-state index in [1.807, 2.05) is 0 Å². The van der Waals surface area contributed by atoms with E-state index in [0.717, 1.165) is 12.0 Å². The van der Waals surface area contributed by atoms with E-state index in [1.165, 1.54) is 18.2 Å². The van der Waals surface area contributed by atoms with Gasteiger partial charge in [0, 0.05) is 25.6 Å². The Bertz CT molecular complexity index is 1140. The van der Waals surface area contributed by atoms with E-state index in [9.17, 15) is 31.9 Å². The van der Waals surface area contributed by atoms with Gasteiger partial charge in [0.25, 0.3) is 0 Å². The van der Waals surface area contributed by atoms with E-state index in [-0.39, 0.29) is 42.6 Å². The number of alkyl halides is 3. The molecule has 13 heteroatoms. The number of halogens is 4. The Kier molecular flexibility index (Phi) is 10.8. The van der Waals surface area contributed by atoms with Crippen LogP contribution in [-0.4, -0.2) is 63.7 Å². The molecule has 0 aliphatic carbocycles. The van der Waals surface area contributed by atoms with E-state index in [0.29, 0.717) is 18.5 Å². The van der Waals surface area contributed by atoms with Crippen molar-refractivity contribution in [2.45, 2.75) is 50.5 Å². The van der Waals surface area contributed by atoms with E-state index in [1.54, 1.807) is 35.2 Å². The molecule has 1 fully saturated rings. The average molecular weight is 541 g/mol. The number of hydrogen-bond acceptors (Lipinski definition) is 5. The number of aromatic carboxylic acids is 1. The van der Waals surface area contributed by atoms with Gasteiger partial charge in [-0.1, -0.05) is 30.3 Å². The Balaban J connectivity index is 0.000000638. The van der Waals surface area contributed by atoms with E-state index in [4.69, 9.17) is 20.7 Å². The largest absolute Gasteiger partial charge is 0.490 e. The van der Waals surface area contributed by atoms with Crippen molar-refractivity contribution in [3.63, 3.8) is 0 Å². The molecule has 1 unspecified atom stereocenters. The molecule has 1 saturated heterocycles. The van der Waals surface area contributed by atoms with Crippen LogP contribution in [0.1, 0.15) is 40.7 Å². The first-order valence-electron chi connectivity index (χ1n) is 11.5. The van der Waals surface area contributed by atoms with Crippen molar-refractivity contribution in [2.75, 3.05) is 6.54 Å². The summed E-state index contributed by atoms with van der Waals surface area (Å²) in [4.78, 5) is 46.7. The topological polar surface area (TPSA) is 150 Å². The van der Waals surface area contributed by atoms with Gasteiger partial charge in [-0.25, -0.2) is 14.0 Å². The molecule has 0 aromatic heterocycles. The summed E-state index contributed by atoms with van der Waals surface area (Å²) in [5, 5.41) is 18.9. The molecule has 0 saturated carbocycles. The number of amides is 2. The number of aliphatic carboxylic acids is 1. The molecule has 9 nitrogen and oxygen atoms in total. The van der Waals surface area contributed by atoms with Crippen molar-refractivity contribution < 1.29 is 47.0 Å². The number of nitrogens with two attached hydrogens (primary N) is 1. The first-order chi connectivity index (χ1) is 17.8. The Morgan fingerprint density at radius 1 is 1.05 bits per heavy atom. The summed E-state index contributed by atoms with van der Waals surface area (Å²) in [6.45, 7) is 0.723. The van der Waals surface area contributed by atoms with Crippen molar-refractivity contribution in [1.29, 1.82) is 0 Å². The quantitative estimate of drug-likeness (QED) is 0.375. The minimum atomic E-state index is -5.08. The molecule has 0 spiro atoms. The summed E-state index contributed by atoms with van der Waals surface area (Å²) in [5.74, 6) is -4.58. The minimum Gasteiger partial charge on any atom is -0.478 e. The van der Waals surface area contributed by atoms with Gasteiger partial charge in [0.05, 0.1) is 5.56 Å². The second-order valence-corrected chi connectivity index (χ2v) is 8.53. The summed E-state index contributed by atoms with van der Waals surface area (Å²) in [6, 6.07) is 11.5. The van der Waals surface area contributed by atoms with Crippen LogP contribution in [0.4, 0.5) is 17.6 Å². The van der Waals surface area contributed by atoms with Crippen LogP contribution < -0.4 is 11.1 Å². The van der Waals surface area contributed by atoms with Crippen molar-refractivity contribution in [2.24, 2.45) is 5.73 Å². The van der Waals surface area contributed by atoms with E-state index in [2.05, 4.69) is 5.32 Å². The van der Waals surface area contributed by atoms with Crippen molar-refractivity contribution in [1.82, 2.24) is 10.2 Å². The zero-order valence-electron chi connectivity index (χ0n) is 20.1. The number of nitrogens with one attached hydrogen (secondary N) is 1. The van der Waals surface area contributed by atoms with Crippen LogP contribution >= 0.6 is 0 Å². The third-order valence-corrected chi connectivity index (χ3v) is 5.66. The second kappa shape index (κ2) is 13.5. The fourth-order valence-corrected chi connectivity index (χ4v) is 3.77. The standard InChI is InChI=1S/C23H26FN3O4.C2HF3O2/c24-19-5-2-1-4-17(19)12-18(25)13-21(28)27-11-3-6-20(27)22(29)26-14-15-7-9-16(10-8-15)23(30)31;3-2(4,5)1(6)7/h1-2,4-5,7-10,18,20H,3,6,11-14,25H2,(H,26,29)(H,30,31);(H,6,7)/t18?,20-;/m0./s1. The van der Waals surface area contributed by atoms with Gasteiger partial charge in [-0.05, 0) is 48.6 Å². The summed E-state index contributed by atoms with van der Waals surface area (Å²) < 4.78 is 45.5. The summed E-state index contributed by atoms with van der Waals surface area (Å²) in [5.41, 5.74) is 7.48. The molecule has 0 bridgehead atoms. The van der Waals surface area contributed by atoms with Crippen LogP contribution in [0.5, 0.6) is 0 Å². The van der Waals surface area contributed by atoms with Crippen molar-refractivity contribution in [3.05, 3.63) is 71.0 Å². The summed E-state index contributed by atoms with van der Waals surface area (Å²) >= 11 is 0. The molecule has 1 aliphatic heterocycles. The van der Waals surface area contributed by atoms with Gasteiger partial charge >= 0.3 is 18.1 Å². The Morgan fingerprint density at radius 2 is 1.66 bits per heavy atom. The van der Waals surface area contributed by atoms with Gasteiger partial charge in [-0.15, -0.1) is 0 Å². The zero-order chi connectivity index (χ0) is 28.5. The predicted octanol–water partition coefficient (Wildman–Crippen LogP) is 2.72. The molecular formula is C25H27F4N3O6. The smallest absolute Gasteiger partial charge is 0.478 e. The molecule has 1 aliphatic rings. The predicted molar refractivity (Wildman–Crippen MR) is 126 cm³/mol. The number of rotatable bonds is 8. The number of carboxylic acids is 2. The fourth-order valence-electron chi connectivity index (χ4n) is 3.77. The first-order valence-corrected chi connectivity index (χ1v) is 11.5. The van der Waals surface area contributed by atoms with Crippen LogP contribution in [0.25, 0.3) is 0 Å². The second-order valence-electron chi connectivity index (χ2n) is 8.53. The zero-order valence-corrected chi connectivity index (χ0v) is 20.1. The van der Waals surface area contributed by atoms with Crippen molar-refractivity contribution in [3.8, 4) is 0 Å². The van der Waals surface area contributed by atoms with Crippen LogP contribution in [-0.2, 0) is 27.3 Å². The maximum Gasteiger partial charge on any atom is 0.490 e. The molecule has 5 N–H and O–H groups in total. The van der Waals surface area contributed by atoms with E-state index < -0.39 is 30.2 Å². The van der Waals surface area contributed by atoms with Crippen LogP contribution in [0, 0.1) is 5.82 Å². The highest BCUT2D eigenvalue weighted by molar-refractivity contribution is 5.89. The number of likely N-dealkylation sites (tertiary alicyclic amines) is 1. The van der Waals surface area contributed by atoms with Gasteiger partial charge in [-0.2, -0.15) is 13.2 Å². The van der Waals surface area contributed by atoms with Crippen LogP contribution in [0.3, 0.4) is 0 Å². The van der Waals surface area contributed by atoms with Crippen LogP contribution in [0.15, 0.2) is 48.5 Å². The normalized spacial score (nSPS) is 15.7. The Morgan fingerprint density at radius 3 is 2.21 bits per heavy atom. The number of carbonyl (C=O) groups excluding carboxylic acids is 2.